The maximum Gasteiger partial charge on any atom is 0.265 e. The number of likely N-dealkylation sites (N-methyl/N-ethyl adjacent to an activating group) is 1. The molecule has 7 nitrogen and oxygen atoms in total. The molecule has 0 saturated heterocycles. The van der Waals surface area contributed by atoms with Gasteiger partial charge < -0.3 is 28.3 Å². The van der Waals surface area contributed by atoms with Gasteiger partial charge in [0.05, 0.1) is 33.9 Å². The summed E-state index contributed by atoms with van der Waals surface area (Å²) >= 11 is 0. The number of unbranched alkanes of at least 4 members (excludes halogenated alkanes) is 10. The lowest BCUT2D eigenvalue weighted by Crippen LogP contribution is -2.50. The van der Waals surface area contributed by atoms with Crippen LogP contribution in [-0.2, 0) is 18.6 Å². The van der Waals surface area contributed by atoms with Gasteiger partial charge in [0.2, 0.25) is 0 Å². The molecule has 0 saturated carbocycles. The SMILES string of the molecule is CCCCCCCCCCCCCOCC(CC(COP(=O)([O-])O)[N+](C)(C)C)OC. The fourth-order valence-electron chi connectivity index (χ4n) is 3.41. The summed E-state index contributed by atoms with van der Waals surface area (Å²) in [5.74, 6) is 0. The van der Waals surface area contributed by atoms with Crippen molar-refractivity contribution in [3.8, 4) is 0 Å². The molecular weight excluding hydrogens is 405 g/mol. The molecule has 0 fully saturated rings. The van der Waals surface area contributed by atoms with Crippen LogP contribution in [0.4, 0.5) is 0 Å². The Balaban J connectivity index is 3.87. The maximum atomic E-state index is 10.9. The zero-order valence-corrected chi connectivity index (χ0v) is 21.0. The first-order chi connectivity index (χ1) is 14.1. The molecule has 30 heavy (non-hydrogen) atoms. The van der Waals surface area contributed by atoms with Crippen molar-refractivity contribution in [2.24, 2.45) is 0 Å². The lowest BCUT2D eigenvalue weighted by Gasteiger charge is -2.36. The number of methoxy groups -OCH3 is 1. The summed E-state index contributed by atoms with van der Waals surface area (Å²) in [6.45, 7) is 3.36. The predicted octanol–water partition coefficient (Wildman–Crippen LogP) is 4.27. The van der Waals surface area contributed by atoms with Gasteiger partial charge in [-0.15, -0.1) is 0 Å². The molecule has 0 aromatic carbocycles. The van der Waals surface area contributed by atoms with E-state index in [1.165, 1.54) is 64.2 Å². The van der Waals surface area contributed by atoms with E-state index in [1.54, 1.807) is 7.11 Å². The second kappa shape index (κ2) is 17.5. The Morgan fingerprint density at radius 3 is 1.83 bits per heavy atom. The maximum absolute atomic E-state index is 10.9. The summed E-state index contributed by atoms with van der Waals surface area (Å²) < 4.78 is 27.4. The number of phosphoric acid groups is 1. The van der Waals surface area contributed by atoms with Crippen LogP contribution in [-0.4, -0.2) is 69.6 Å². The first-order valence-corrected chi connectivity index (χ1v) is 13.2. The van der Waals surface area contributed by atoms with Gasteiger partial charge >= 0.3 is 0 Å². The van der Waals surface area contributed by atoms with E-state index in [-0.39, 0.29) is 18.8 Å². The van der Waals surface area contributed by atoms with E-state index >= 15 is 0 Å². The minimum absolute atomic E-state index is 0.0841. The second-order valence-corrected chi connectivity index (χ2v) is 10.4. The van der Waals surface area contributed by atoms with E-state index in [0.29, 0.717) is 17.5 Å². The van der Waals surface area contributed by atoms with E-state index in [9.17, 15) is 9.46 Å². The highest BCUT2D eigenvalue weighted by molar-refractivity contribution is 7.44. The highest BCUT2D eigenvalue weighted by atomic mass is 31.2. The summed E-state index contributed by atoms with van der Waals surface area (Å²) in [6.07, 6.45) is 14.8. The van der Waals surface area contributed by atoms with Crippen LogP contribution in [0, 0.1) is 0 Å². The van der Waals surface area contributed by atoms with Gasteiger partial charge in [0.25, 0.3) is 7.82 Å². The van der Waals surface area contributed by atoms with Crippen molar-refractivity contribution in [2.45, 2.75) is 96.1 Å². The molecule has 1 N–H and O–H groups in total. The number of rotatable bonds is 21. The molecule has 0 aromatic heterocycles. The highest BCUT2D eigenvalue weighted by Gasteiger charge is 2.29. The molecule has 0 aliphatic heterocycles. The van der Waals surface area contributed by atoms with Gasteiger partial charge in [-0.3, -0.25) is 4.57 Å². The molecule has 0 aliphatic carbocycles. The number of nitrogens with zero attached hydrogens (tertiary/aromatic N) is 1. The molecule has 3 unspecified atom stereocenters. The molecule has 0 aliphatic rings. The molecule has 182 valence electrons. The lowest BCUT2D eigenvalue weighted by atomic mass is 10.1. The molecule has 0 amide bonds. The Morgan fingerprint density at radius 1 is 0.900 bits per heavy atom. The molecule has 0 radical (unpaired) electrons. The van der Waals surface area contributed by atoms with Crippen LogP contribution in [0.3, 0.4) is 0 Å². The van der Waals surface area contributed by atoms with Crippen LogP contribution in [0.2, 0.25) is 0 Å². The molecular formula is C22H48NO6P. The van der Waals surface area contributed by atoms with E-state index in [1.807, 2.05) is 21.1 Å². The van der Waals surface area contributed by atoms with Crippen molar-refractivity contribution in [2.75, 3.05) is 48.1 Å². The quantitative estimate of drug-likeness (QED) is 0.159. The van der Waals surface area contributed by atoms with Gasteiger partial charge in [0, 0.05) is 20.1 Å². The fourth-order valence-corrected chi connectivity index (χ4v) is 3.77. The van der Waals surface area contributed by atoms with Gasteiger partial charge in [-0.25, -0.2) is 0 Å². The minimum atomic E-state index is -4.72. The third-order valence-corrected chi connectivity index (χ3v) is 6.07. The van der Waals surface area contributed by atoms with Crippen molar-refractivity contribution in [3.05, 3.63) is 0 Å². The van der Waals surface area contributed by atoms with Gasteiger partial charge in [-0.1, -0.05) is 71.1 Å². The monoisotopic (exact) mass is 453 g/mol. The lowest BCUT2D eigenvalue weighted by molar-refractivity contribution is -0.897. The predicted molar refractivity (Wildman–Crippen MR) is 120 cm³/mol. The highest BCUT2D eigenvalue weighted by Crippen LogP contribution is 2.31. The molecule has 3 atom stereocenters. The van der Waals surface area contributed by atoms with E-state index in [0.717, 1.165) is 13.0 Å². The van der Waals surface area contributed by atoms with Crippen LogP contribution in [0.25, 0.3) is 0 Å². The van der Waals surface area contributed by atoms with Crippen molar-refractivity contribution >= 4 is 7.82 Å². The van der Waals surface area contributed by atoms with E-state index in [2.05, 4.69) is 11.4 Å². The van der Waals surface area contributed by atoms with Crippen molar-refractivity contribution in [1.29, 1.82) is 0 Å². The Labute approximate surface area is 185 Å². The molecule has 0 bridgehead atoms. The molecule has 8 heteroatoms. The smallest absolute Gasteiger partial charge is 0.265 e. The fraction of sp³-hybridized carbons (Fsp3) is 1.00. The number of hydrogen-bond acceptors (Lipinski definition) is 5. The van der Waals surface area contributed by atoms with E-state index in [4.69, 9.17) is 14.4 Å². The van der Waals surface area contributed by atoms with Crippen LogP contribution >= 0.6 is 7.82 Å². The number of phosphoric ester groups is 1. The average molecular weight is 454 g/mol. The summed E-state index contributed by atoms with van der Waals surface area (Å²) in [5, 5.41) is 0. The first kappa shape index (κ1) is 30.0. The Kier molecular flexibility index (Phi) is 17.5. The van der Waals surface area contributed by atoms with Gasteiger partial charge in [0.1, 0.15) is 12.6 Å². The normalized spacial score (nSPS) is 16.4. The van der Waals surface area contributed by atoms with Crippen molar-refractivity contribution in [1.82, 2.24) is 0 Å². The third kappa shape index (κ3) is 18.7. The number of hydrogen-bond donors (Lipinski definition) is 1. The second-order valence-electron chi connectivity index (χ2n) is 9.24. The summed E-state index contributed by atoms with van der Waals surface area (Å²) in [5.41, 5.74) is 0. The Hall–Kier alpha value is -0.0100. The first-order valence-electron chi connectivity index (χ1n) is 11.7. The molecule has 0 heterocycles. The van der Waals surface area contributed by atoms with E-state index < -0.39 is 7.82 Å². The zero-order valence-electron chi connectivity index (χ0n) is 20.1. The third-order valence-electron chi connectivity index (χ3n) is 5.59. The number of ether oxygens (including phenoxy) is 2. The summed E-state index contributed by atoms with van der Waals surface area (Å²) in [6, 6.07) is -0.144. The molecule has 0 spiro atoms. The largest absolute Gasteiger partial charge is 0.756 e. The standard InChI is InChI=1S/C22H48NO6P/c1-6-7-8-9-10-11-12-13-14-15-16-17-28-20-22(27-5)18-21(23(2,3)4)19-29-30(24,25)26/h21-22H,6-20H2,1-5H3,(H-,24,25,26). The summed E-state index contributed by atoms with van der Waals surface area (Å²) in [4.78, 5) is 19.8. The topological polar surface area (TPSA) is 88.1 Å². The van der Waals surface area contributed by atoms with Crippen molar-refractivity contribution < 1.29 is 32.8 Å². The molecule has 0 rings (SSSR count). The van der Waals surface area contributed by atoms with Crippen molar-refractivity contribution in [3.63, 3.8) is 0 Å². The van der Waals surface area contributed by atoms with Gasteiger partial charge in [0.15, 0.2) is 0 Å². The van der Waals surface area contributed by atoms with Crippen LogP contribution < -0.4 is 4.89 Å². The Bertz CT molecular complexity index is 438. The number of quaternary nitrogens is 1. The van der Waals surface area contributed by atoms with Crippen LogP contribution in [0.1, 0.15) is 84.0 Å². The van der Waals surface area contributed by atoms with Crippen LogP contribution in [0.5, 0.6) is 0 Å². The summed E-state index contributed by atoms with van der Waals surface area (Å²) in [7, 11) is 2.78. The minimum Gasteiger partial charge on any atom is -0.756 e. The van der Waals surface area contributed by atoms with Gasteiger partial charge in [-0.05, 0) is 6.42 Å². The molecule has 0 aromatic rings. The zero-order chi connectivity index (χ0) is 22.9. The average Bonchev–Trinajstić information content (AvgIpc) is 2.65. The van der Waals surface area contributed by atoms with Crippen LogP contribution in [0.15, 0.2) is 0 Å². The van der Waals surface area contributed by atoms with Gasteiger partial charge in [-0.2, -0.15) is 0 Å². The Morgan fingerprint density at radius 2 is 1.40 bits per heavy atom.